The minimum atomic E-state index is -0.230. The van der Waals surface area contributed by atoms with E-state index in [0.29, 0.717) is 49.6 Å². The largest absolute Gasteiger partial charge is 0.508 e. The van der Waals surface area contributed by atoms with Crippen molar-refractivity contribution in [1.29, 1.82) is 0 Å². The number of carbonyl (C=O) groups excluding carboxylic acids is 2. The highest BCUT2D eigenvalue weighted by Crippen LogP contribution is 2.38. The maximum absolute atomic E-state index is 13.8. The van der Waals surface area contributed by atoms with Crippen LogP contribution in [0.4, 0.5) is 17.5 Å². The van der Waals surface area contributed by atoms with E-state index in [1.807, 2.05) is 13.8 Å². The summed E-state index contributed by atoms with van der Waals surface area (Å²) in [7, 11) is 0. The number of fused-ring (bicyclic) bond motifs is 2. The minimum Gasteiger partial charge on any atom is -0.508 e. The molecule has 8 heterocycles. The SMILES string of the molecule is CC(C)c1cc(C(=O)N2Cc3ccc(N4CCC(N5CCN(C(=O)C6CCN(Cc7cc8nc(-c9cnc(N)nc9)nc(N9CCOCC9)c8s7)CC6)CC5)CC4)cc3C2)c(O)cc1O. The van der Waals surface area contributed by atoms with Crippen molar-refractivity contribution in [3.05, 3.63) is 75.9 Å². The van der Waals surface area contributed by atoms with Crippen molar-refractivity contribution in [3.8, 4) is 22.9 Å². The highest BCUT2D eigenvalue weighted by molar-refractivity contribution is 7.19. The van der Waals surface area contributed by atoms with E-state index < -0.39 is 0 Å². The molecule has 16 nitrogen and oxygen atoms in total. The fourth-order valence-electron chi connectivity index (χ4n) is 10.3. The van der Waals surface area contributed by atoms with Gasteiger partial charge in [0.25, 0.3) is 5.91 Å². The Morgan fingerprint density at radius 2 is 1.52 bits per heavy atom. The lowest BCUT2D eigenvalue weighted by molar-refractivity contribution is -0.139. The normalized spacial score (nSPS) is 19.4. The lowest BCUT2D eigenvalue weighted by Gasteiger charge is -2.44. The molecule has 342 valence electrons. The number of aromatic nitrogens is 4. The van der Waals surface area contributed by atoms with Crippen LogP contribution in [-0.4, -0.2) is 146 Å². The summed E-state index contributed by atoms with van der Waals surface area (Å²) in [6.45, 7) is 15.7. The molecule has 4 N–H and O–H groups in total. The number of nitrogen functional groups attached to an aromatic ring is 1. The van der Waals surface area contributed by atoms with Crippen molar-refractivity contribution in [3.63, 3.8) is 0 Å². The number of rotatable bonds is 9. The number of morpholine rings is 1. The fourth-order valence-corrected chi connectivity index (χ4v) is 11.5. The maximum Gasteiger partial charge on any atom is 0.258 e. The van der Waals surface area contributed by atoms with Crippen LogP contribution in [0.25, 0.3) is 21.6 Å². The predicted molar refractivity (Wildman–Crippen MR) is 251 cm³/mol. The number of ether oxygens (including phenoxy) is 1. The Hall–Kier alpha value is -5.62. The molecule has 17 heteroatoms. The zero-order chi connectivity index (χ0) is 44.8. The number of aromatic hydroxyl groups is 2. The zero-order valence-electron chi connectivity index (χ0n) is 37.4. The highest BCUT2D eigenvalue weighted by atomic mass is 32.1. The van der Waals surface area contributed by atoms with Crippen molar-refractivity contribution in [2.75, 3.05) is 94.2 Å². The molecule has 10 rings (SSSR count). The Kier molecular flexibility index (Phi) is 12.2. The van der Waals surface area contributed by atoms with Crippen molar-refractivity contribution in [2.24, 2.45) is 5.92 Å². The Bertz CT molecular complexity index is 2540. The Morgan fingerprint density at radius 1 is 0.800 bits per heavy atom. The number of hydrogen-bond acceptors (Lipinski definition) is 15. The molecule has 0 aliphatic carbocycles. The van der Waals surface area contributed by atoms with Gasteiger partial charge in [-0.3, -0.25) is 19.4 Å². The van der Waals surface area contributed by atoms with E-state index >= 15 is 0 Å². The molecule has 3 aromatic heterocycles. The van der Waals surface area contributed by atoms with Crippen LogP contribution < -0.4 is 15.5 Å². The smallest absolute Gasteiger partial charge is 0.258 e. The summed E-state index contributed by atoms with van der Waals surface area (Å²) in [5, 5.41) is 20.8. The first-order chi connectivity index (χ1) is 31.5. The number of likely N-dealkylation sites (tertiary alicyclic amines) is 1. The Balaban J connectivity index is 0.688. The first kappa shape index (κ1) is 43.3. The summed E-state index contributed by atoms with van der Waals surface area (Å²) in [4.78, 5) is 60.6. The molecule has 0 spiro atoms. The summed E-state index contributed by atoms with van der Waals surface area (Å²) in [5.74, 6) is 1.72. The van der Waals surface area contributed by atoms with Gasteiger partial charge in [-0.2, -0.15) is 0 Å². The number of phenols is 2. The maximum atomic E-state index is 13.8. The van der Waals surface area contributed by atoms with E-state index in [-0.39, 0.29) is 40.8 Å². The van der Waals surface area contributed by atoms with Crippen LogP contribution in [-0.2, 0) is 29.2 Å². The summed E-state index contributed by atoms with van der Waals surface area (Å²) < 4.78 is 6.72. The standard InChI is InChI=1S/C48H59N11O5S/c1-30(2)38-23-39(42(61)24-41(38)60)47(63)59-27-32-3-4-36(21-33(32)28-59)55-11-7-35(8-12-55)56-13-15-58(16-14-56)46(62)31-5-9-54(10-6-31)29-37-22-40-43(65-37)45(57-17-19-64-20-18-57)53-44(52-40)34-25-50-48(49)51-26-34/h3-4,21-26,30-31,35,60-61H,5-20,27-29H2,1-2H3,(H2,49,50,51). The second-order valence-corrected chi connectivity index (χ2v) is 19.7. The molecule has 0 radical (unpaired) electrons. The third-order valence-electron chi connectivity index (χ3n) is 14.1. The number of piperidine rings is 2. The first-order valence-corrected chi connectivity index (χ1v) is 24.0. The van der Waals surface area contributed by atoms with Crippen LogP contribution in [0, 0.1) is 5.92 Å². The Morgan fingerprint density at radius 3 is 2.25 bits per heavy atom. The van der Waals surface area contributed by atoms with Gasteiger partial charge in [0.1, 0.15) is 11.5 Å². The molecule has 5 aliphatic heterocycles. The minimum absolute atomic E-state index is 0.00630. The molecule has 0 saturated carbocycles. The summed E-state index contributed by atoms with van der Waals surface area (Å²) in [6.07, 6.45) is 7.25. The monoisotopic (exact) mass is 901 g/mol. The number of benzene rings is 2. The van der Waals surface area contributed by atoms with E-state index in [9.17, 15) is 19.8 Å². The van der Waals surface area contributed by atoms with E-state index in [0.717, 1.165) is 130 Å². The van der Waals surface area contributed by atoms with E-state index in [4.69, 9.17) is 20.4 Å². The van der Waals surface area contributed by atoms with Crippen molar-refractivity contribution < 1.29 is 24.5 Å². The van der Waals surface area contributed by atoms with Crippen molar-refractivity contribution in [1.82, 2.24) is 39.5 Å². The van der Waals surface area contributed by atoms with Gasteiger partial charge in [0.05, 0.1) is 34.6 Å². The van der Waals surface area contributed by atoms with Crippen molar-refractivity contribution in [2.45, 2.75) is 71.1 Å². The van der Waals surface area contributed by atoms with E-state index in [1.165, 1.54) is 16.6 Å². The van der Waals surface area contributed by atoms with Gasteiger partial charge >= 0.3 is 0 Å². The summed E-state index contributed by atoms with van der Waals surface area (Å²) in [6, 6.07) is 12.1. The number of amides is 2. The quantitative estimate of drug-likeness (QED) is 0.174. The van der Waals surface area contributed by atoms with Crippen LogP contribution >= 0.6 is 11.3 Å². The van der Waals surface area contributed by atoms with Crippen LogP contribution in [0.15, 0.2) is 48.8 Å². The molecule has 0 atom stereocenters. The number of piperazine rings is 1. The van der Waals surface area contributed by atoms with Gasteiger partial charge < -0.3 is 40.3 Å². The zero-order valence-corrected chi connectivity index (χ0v) is 38.2. The van der Waals surface area contributed by atoms with Gasteiger partial charge in [0.2, 0.25) is 11.9 Å². The third-order valence-corrected chi connectivity index (χ3v) is 15.2. The second-order valence-electron chi connectivity index (χ2n) is 18.6. The van der Waals surface area contributed by atoms with Gasteiger partial charge in [-0.05, 0) is 85.6 Å². The Labute approximate surface area is 383 Å². The van der Waals surface area contributed by atoms with Crippen LogP contribution in [0.2, 0.25) is 0 Å². The molecule has 2 amide bonds. The van der Waals surface area contributed by atoms with Gasteiger partial charge in [-0.25, -0.2) is 19.9 Å². The molecule has 4 saturated heterocycles. The number of thiophene rings is 1. The lowest BCUT2D eigenvalue weighted by atomic mass is 9.94. The molecular formula is C48H59N11O5S. The van der Waals surface area contributed by atoms with Crippen molar-refractivity contribution >= 4 is 50.8 Å². The average Bonchev–Trinajstić information content (AvgIpc) is 3.95. The molecule has 5 aliphatic rings. The molecule has 5 aromatic rings. The van der Waals surface area contributed by atoms with Gasteiger partial charge in [-0.15, -0.1) is 11.3 Å². The second kappa shape index (κ2) is 18.3. The van der Waals surface area contributed by atoms with Gasteiger partial charge in [-0.1, -0.05) is 19.9 Å². The number of nitrogens with two attached hydrogens (primary N) is 1. The van der Waals surface area contributed by atoms with Crippen LogP contribution in [0.1, 0.15) is 77.4 Å². The average molecular weight is 902 g/mol. The highest BCUT2D eigenvalue weighted by Gasteiger charge is 2.34. The predicted octanol–water partition coefficient (Wildman–Crippen LogP) is 5.28. The van der Waals surface area contributed by atoms with Gasteiger partial charge in [0.15, 0.2) is 11.6 Å². The number of anilines is 3. The molecular weight excluding hydrogens is 843 g/mol. The topological polar surface area (TPSA) is 181 Å². The van der Waals surface area contributed by atoms with Crippen LogP contribution in [0.3, 0.4) is 0 Å². The number of carbonyl (C=O) groups is 2. The number of hydrogen-bond donors (Lipinski definition) is 3. The molecule has 65 heavy (non-hydrogen) atoms. The van der Waals surface area contributed by atoms with E-state index in [1.54, 1.807) is 34.7 Å². The molecule has 4 fully saturated rings. The molecule has 2 aromatic carbocycles. The summed E-state index contributed by atoms with van der Waals surface area (Å²) in [5.41, 5.74) is 11.7. The first-order valence-electron chi connectivity index (χ1n) is 23.2. The molecule has 0 bridgehead atoms. The van der Waals surface area contributed by atoms with E-state index in [2.05, 4.69) is 58.7 Å². The fraction of sp³-hybridized carbons (Fsp3) is 0.500. The third kappa shape index (κ3) is 9.03. The summed E-state index contributed by atoms with van der Waals surface area (Å²) >= 11 is 1.76. The van der Waals surface area contributed by atoms with Crippen LogP contribution in [0.5, 0.6) is 11.5 Å². The molecule has 0 unspecified atom stereocenters. The number of phenolic OH excluding ortho intramolecular Hbond substituents is 2. The lowest BCUT2D eigenvalue weighted by Crippen LogP contribution is -2.55. The van der Waals surface area contributed by atoms with Gasteiger partial charge in [0, 0.05) is 113 Å². The number of nitrogens with zero attached hydrogens (tertiary/aromatic N) is 10.